The molecule has 1 atom stereocenters. The number of nitrogens with zero attached hydrogens (tertiary/aromatic N) is 1. The first-order valence-corrected chi connectivity index (χ1v) is 7.38. The average Bonchev–Trinajstić information content (AvgIpc) is 2.92. The van der Waals surface area contributed by atoms with Crippen molar-refractivity contribution in [3.05, 3.63) is 52.0 Å². The molecule has 0 amide bonds. The quantitative estimate of drug-likeness (QED) is 0.919. The highest BCUT2D eigenvalue weighted by Crippen LogP contribution is 2.39. The zero-order chi connectivity index (χ0) is 12.4. The Hall–Kier alpha value is -1.19. The van der Waals surface area contributed by atoms with Crippen LogP contribution in [0.5, 0.6) is 0 Å². The van der Waals surface area contributed by atoms with Crippen LogP contribution in [-0.4, -0.2) is 11.5 Å². The number of hydrogen-bond acceptors (Lipinski definition) is 3. The largest absolute Gasteiger partial charge is 0.330 e. The predicted octanol–water partition coefficient (Wildman–Crippen LogP) is 2.92. The van der Waals surface area contributed by atoms with Crippen LogP contribution >= 0.6 is 11.3 Å². The van der Waals surface area contributed by atoms with Crippen LogP contribution in [0.4, 0.5) is 0 Å². The van der Waals surface area contributed by atoms with Gasteiger partial charge in [-0.25, -0.2) is 0 Å². The van der Waals surface area contributed by atoms with Crippen molar-refractivity contribution >= 4 is 11.3 Å². The standard InChI is InChI=1S/C15H18N2S/c16-10-15(8-13-9-17-11-18-13)7-3-5-12-4-1-2-6-14(12)15/h1-2,4,6,9,11H,3,5,7-8,10,16H2. The molecular formula is C15H18N2S. The van der Waals surface area contributed by atoms with Gasteiger partial charge in [-0.3, -0.25) is 4.98 Å². The van der Waals surface area contributed by atoms with Crippen LogP contribution in [0, 0.1) is 0 Å². The van der Waals surface area contributed by atoms with E-state index in [4.69, 9.17) is 5.73 Å². The molecule has 3 heteroatoms. The number of rotatable bonds is 3. The number of benzene rings is 1. The van der Waals surface area contributed by atoms with Crippen molar-refractivity contribution in [3.8, 4) is 0 Å². The maximum atomic E-state index is 6.15. The minimum absolute atomic E-state index is 0.126. The second-order valence-electron chi connectivity index (χ2n) is 5.14. The van der Waals surface area contributed by atoms with Gasteiger partial charge in [0.25, 0.3) is 0 Å². The van der Waals surface area contributed by atoms with Gasteiger partial charge in [-0.2, -0.15) is 0 Å². The Balaban J connectivity index is 2.02. The van der Waals surface area contributed by atoms with Gasteiger partial charge in [0.1, 0.15) is 0 Å². The first-order valence-electron chi connectivity index (χ1n) is 6.50. The molecule has 2 aromatic rings. The third kappa shape index (κ3) is 1.98. The average molecular weight is 258 g/mol. The lowest BCUT2D eigenvalue weighted by molar-refractivity contribution is 0.368. The van der Waals surface area contributed by atoms with E-state index >= 15 is 0 Å². The number of nitrogens with two attached hydrogens (primary N) is 1. The van der Waals surface area contributed by atoms with Crippen molar-refractivity contribution in [2.24, 2.45) is 5.73 Å². The summed E-state index contributed by atoms with van der Waals surface area (Å²) in [5.41, 5.74) is 11.1. The summed E-state index contributed by atoms with van der Waals surface area (Å²) in [5.74, 6) is 0. The number of thiazole rings is 1. The van der Waals surface area contributed by atoms with E-state index in [0.29, 0.717) is 0 Å². The van der Waals surface area contributed by atoms with Gasteiger partial charge in [-0.05, 0) is 36.8 Å². The summed E-state index contributed by atoms with van der Waals surface area (Å²) in [5, 5.41) is 0. The molecule has 1 aromatic heterocycles. The molecule has 3 rings (SSSR count). The fourth-order valence-electron chi connectivity index (χ4n) is 3.14. The van der Waals surface area contributed by atoms with Gasteiger partial charge in [0.05, 0.1) is 5.51 Å². The summed E-state index contributed by atoms with van der Waals surface area (Å²) in [4.78, 5) is 5.53. The van der Waals surface area contributed by atoms with Gasteiger partial charge in [-0.15, -0.1) is 11.3 Å². The zero-order valence-electron chi connectivity index (χ0n) is 10.4. The lowest BCUT2D eigenvalue weighted by Crippen LogP contribution is -2.40. The smallest absolute Gasteiger partial charge is 0.0794 e. The van der Waals surface area contributed by atoms with E-state index in [-0.39, 0.29) is 5.41 Å². The van der Waals surface area contributed by atoms with Gasteiger partial charge < -0.3 is 5.73 Å². The number of hydrogen-bond donors (Lipinski definition) is 1. The van der Waals surface area contributed by atoms with Crippen molar-refractivity contribution < 1.29 is 0 Å². The van der Waals surface area contributed by atoms with Gasteiger partial charge in [0.15, 0.2) is 0 Å². The molecule has 0 spiro atoms. The molecule has 0 aliphatic heterocycles. The van der Waals surface area contributed by atoms with Crippen LogP contribution < -0.4 is 5.73 Å². The second-order valence-corrected chi connectivity index (χ2v) is 6.11. The fraction of sp³-hybridized carbons (Fsp3) is 0.400. The molecule has 0 saturated carbocycles. The van der Waals surface area contributed by atoms with E-state index < -0.39 is 0 Å². The van der Waals surface area contributed by atoms with Crippen molar-refractivity contribution in [2.75, 3.05) is 6.54 Å². The van der Waals surface area contributed by atoms with Crippen LogP contribution in [0.2, 0.25) is 0 Å². The topological polar surface area (TPSA) is 38.9 Å². The third-order valence-electron chi connectivity index (χ3n) is 4.08. The van der Waals surface area contributed by atoms with E-state index in [9.17, 15) is 0 Å². The highest BCUT2D eigenvalue weighted by atomic mass is 32.1. The normalized spacial score (nSPS) is 22.7. The minimum atomic E-state index is 0.126. The molecule has 2 nitrogen and oxygen atoms in total. The summed E-state index contributed by atoms with van der Waals surface area (Å²) < 4.78 is 0. The van der Waals surface area contributed by atoms with Crippen LogP contribution in [0.3, 0.4) is 0 Å². The minimum Gasteiger partial charge on any atom is -0.330 e. The fourth-order valence-corrected chi connectivity index (χ4v) is 3.88. The van der Waals surface area contributed by atoms with Gasteiger partial charge in [0.2, 0.25) is 0 Å². The highest BCUT2D eigenvalue weighted by molar-refractivity contribution is 7.09. The molecule has 1 unspecified atom stereocenters. The Labute approximate surface area is 112 Å². The van der Waals surface area contributed by atoms with E-state index in [1.165, 1.54) is 35.3 Å². The van der Waals surface area contributed by atoms with E-state index in [2.05, 4.69) is 29.2 Å². The maximum absolute atomic E-state index is 6.15. The van der Waals surface area contributed by atoms with Gasteiger partial charge >= 0.3 is 0 Å². The summed E-state index contributed by atoms with van der Waals surface area (Å²) in [6.07, 6.45) is 6.65. The lowest BCUT2D eigenvalue weighted by atomic mass is 9.68. The molecule has 0 fully saturated rings. The van der Waals surface area contributed by atoms with Crippen LogP contribution in [0.1, 0.15) is 28.8 Å². The monoisotopic (exact) mass is 258 g/mol. The molecule has 1 aliphatic carbocycles. The summed E-state index contributed by atoms with van der Waals surface area (Å²) in [6.45, 7) is 0.724. The number of fused-ring (bicyclic) bond motifs is 1. The van der Waals surface area contributed by atoms with E-state index in [1.807, 2.05) is 11.7 Å². The molecule has 1 heterocycles. The molecule has 1 aliphatic rings. The Morgan fingerprint density at radius 3 is 3.00 bits per heavy atom. The third-order valence-corrected chi connectivity index (χ3v) is 4.86. The predicted molar refractivity (Wildman–Crippen MR) is 75.9 cm³/mol. The Morgan fingerprint density at radius 2 is 2.22 bits per heavy atom. The summed E-state index contributed by atoms with van der Waals surface area (Å²) in [7, 11) is 0. The molecular weight excluding hydrogens is 240 g/mol. The molecule has 0 saturated heterocycles. The van der Waals surface area contributed by atoms with Crippen molar-refractivity contribution in [1.29, 1.82) is 0 Å². The highest BCUT2D eigenvalue weighted by Gasteiger charge is 2.35. The SMILES string of the molecule is NCC1(Cc2cncs2)CCCc2ccccc21. The number of aromatic nitrogens is 1. The molecule has 0 radical (unpaired) electrons. The molecule has 18 heavy (non-hydrogen) atoms. The van der Waals surface area contributed by atoms with Crippen molar-refractivity contribution in [3.63, 3.8) is 0 Å². The van der Waals surface area contributed by atoms with Crippen LogP contribution in [0.15, 0.2) is 36.0 Å². The van der Waals surface area contributed by atoms with Crippen LogP contribution in [-0.2, 0) is 18.3 Å². The lowest BCUT2D eigenvalue weighted by Gasteiger charge is -2.38. The maximum Gasteiger partial charge on any atom is 0.0794 e. The van der Waals surface area contributed by atoms with Crippen LogP contribution in [0.25, 0.3) is 0 Å². The Morgan fingerprint density at radius 1 is 1.33 bits per heavy atom. The van der Waals surface area contributed by atoms with E-state index in [1.54, 1.807) is 11.3 Å². The molecule has 0 bridgehead atoms. The zero-order valence-corrected chi connectivity index (χ0v) is 11.2. The van der Waals surface area contributed by atoms with Gasteiger partial charge in [-0.1, -0.05) is 24.3 Å². The molecule has 1 aromatic carbocycles. The first kappa shape index (κ1) is 11.9. The first-order chi connectivity index (χ1) is 8.84. The summed E-state index contributed by atoms with van der Waals surface area (Å²) in [6, 6.07) is 8.80. The molecule has 2 N–H and O–H groups in total. The summed E-state index contributed by atoms with van der Waals surface area (Å²) >= 11 is 1.74. The van der Waals surface area contributed by atoms with E-state index in [0.717, 1.165) is 13.0 Å². The number of aryl methyl sites for hydroxylation is 1. The Bertz CT molecular complexity index is 521. The van der Waals surface area contributed by atoms with Crippen molar-refractivity contribution in [1.82, 2.24) is 4.98 Å². The van der Waals surface area contributed by atoms with Gasteiger partial charge in [0, 0.05) is 23.0 Å². The molecule has 94 valence electrons. The second kappa shape index (κ2) is 4.82. The Kier molecular flexibility index (Phi) is 3.18. The van der Waals surface area contributed by atoms with Crippen molar-refractivity contribution in [2.45, 2.75) is 31.1 Å².